The molecule has 27 heavy (non-hydrogen) atoms. The molecule has 1 N–H and O–H groups in total. The smallest absolute Gasteiger partial charge is 0.256 e. The monoisotopic (exact) mass is 384 g/mol. The summed E-state index contributed by atoms with van der Waals surface area (Å²) in [6, 6.07) is 9.13. The summed E-state index contributed by atoms with van der Waals surface area (Å²) in [6.07, 6.45) is 2.94. The van der Waals surface area contributed by atoms with Crippen molar-refractivity contribution in [3.8, 4) is 0 Å². The van der Waals surface area contributed by atoms with E-state index in [2.05, 4.69) is 26.1 Å². The van der Waals surface area contributed by atoms with Gasteiger partial charge in [0.1, 0.15) is 5.00 Å². The van der Waals surface area contributed by atoms with Gasteiger partial charge in [-0.2, -0.15) is 0 Å². The van der Waals surface area contributed by atoms with Gasteiger partial charge < -0.3 is 10.2 Å². The Kier molecular flexibility index (Phi) is 5.43. The Labute approximate surface area is 165 Å². The van der Waals surface area contributed by atoms with Crippen LogP contribution >= 0.6 is 11.3 Å². The number of carbonyl (C=O) groups excluding carboxylic acids is 2. The molecule has 0 spiro atoms. The van der Waals surface area contributed by atoms with E-state index in [-0.39, 0.29) is 17.2 Å². The predicted molar refractivity (Wildman–Crippen MR) is 112 cm³/mol. The predicted octanol–water partition coefficient (Wildman–Crippen LogP) is 4.85. The third kappa shape index (κ3) is 4.08. The molecule has 1 atom stereocenters. The minimum Gasteiger partial charge on any atom is -0.345 e. The van der Waals surface area contributed by atoms with Crippen LogP contribution in [0.5, 0.6) is 0 Å². The number of benzene rings is 1. The summed E-state index contributed by atoms with van der Waals surface area (Å²) in [4.78, 5) is 28.4. The van der Waals surface area contributed by atoms with Crippen LogP contribution in [0.4, 0.5) is 5.00 Å². The van der Waals surface area contributed by atoms with Gasteiger partial charge in [-0.3, -0.25) is 9.59 Å². The van der Waals surface area contributed by atoms with E-state index in [1.165, 1.54) is 4.88 Å². The maximum atomic E-state index is 12.9. The lowest BCUT2D eigenvalue weighted by atomic mass is 9.72. The van der Waals surface area contributed by atoms with E-state index in [0.717, 1.165) is 24.8 Å². The molecule has 1 aromatic carbocycles. The number of rotatable bonds is 3. The molecule has 0 radical (unpaired) electrons. The van der Waals surface area contributed by atoms with Crippen molar-refractivity contribution in [1.82, 2.24) is 4.90 Å². The number of nitrogens with zero attached hydrogens (tertiary/aromatic N) is 1. The first-order valence-electron chi connectivity index (χ1n) is 9.41. The molecular weight excluding hydrogens is 356 g/mol. The molecule has 0 unspecified atom stereocenters. The number of nitrogens with one attached hydrogen (secondary N) is 1. The molecule has 1 aliphatic carbocycles. The second-order valence-corrected chi connectivity index (χ2v) is 9.64. The molecule has 0 saturated heterocycles. The van der Waals surface area contributed by atoms with Gasteiger partial charge >= 0.3 is 0 Å². The molecule has 0 saturated carbocycles. The Morgan fingerprint density at radius 3 is 2.41 bits per heavy atom. The van der Waals surface area contributed by atoms with E-state index in [4.69, 9.17) is 0 Å². The van der Waals surface area contributed by atoms with Crippen molar-refractivity contribution in [3.63, 3.8) is 0 Å². The zero-order valence-corrected chi connectivity index (χ0v) is 17.6. The summed E-state index contributed by atoms with van der Waals surface area (Å²) < 4.78 is 0. The Morgan fingerprint density at radius 2 is 1.81 bits per heavy atom. The highest BCUT2D eigenvalue weighted by Gasteiger charge is 2.34. The SMILES string of the molecule is CN(C)C(=O)c1c(NC(=O)c2ccccc2)sc2c1CC[C@@H](C(C)(C)C)C2. The number of amides is 2. The lowest BCUT2D eigenvalue weighted by Crippen LogP contribution is -2.28. The van der Waals surface area contributed by atoms with Crippen LogP contribution in [-0.4, -0.2) is 30.8 Å². The van der Waals surface area contributed by atoms with Gasteiger partial charge in [0, 0.05) is 24.5 Å². The average molecular weight is 385 g/mol. The fourth-order valence-corrected chi connectivity index (χ4v) is 4.94. The third-order valence-corrected chi connectivity index (χ3v) is 6.54. The van der Waals surface area contributed by atoms with Crippen molar-refractivity contribution in [1.29, 1.82) is 0 Å². The zero-order chi connectivity index (χ0) is 19.8. The number of fused-ring (bicyclic) bond motifs is 1. The maximum absolute atomic E-state index is 12.9. The lowest BCUT2D eigenvalue weighted by molar-refractivity contribution is 0.0827. The van der Waals surface area contributed by atoms with Gasteiger partial charge in [-0.1, -0.05) is 39.0 Å². The van der Waals surface area contributed by atoms with Gasteiger partial charge in [0.2, 0.25) is 0 Å². The van der Waals surface area contributed by atoms with Gasteiger partial charge in [0.05, 0.1) is 5.56 Å². The normalized spacial score (nSPS) is 16.6. The molecule has 2 aromatic rings. The molecule has 4 nitrogen and oxygen atoms in total. The van der Waals surface area contributed by atoms with Crippen molar-refractivity contribution >= 4 is 28.2 Å². The zero-order valence-electron chi connectivity index (χ0n) is 16.8. The lowest BCUT2D eigenvalue weighted by Gasteiger charge is -2.34. The second-order valence-electron chi connectivity index (χ2n) is 8.53. The molecule has 1 aliphatic rings. The minimum atomic E-state index is -0.172. The van der Waals surface area contributed by atoms with Gasteiger partial charge in [0.25, 0.3) is 11.8 Å². The quantitative estimate of drug-likeness (QED) is 0.822. The molecule has 0 aliphatic heterocycles. The number of thiophene rings is 1. The van der Waals surface area contributed by atoms with Crippen molar-refractivity contribution in [2.75, 3.05) is 19.4 Å². The van der Waals surface area contributed by atoms with Crippen molar-refractivity contribution in [3.05, 3.63) is 51.9 Å². The number of hydrogen-bond acceptors (Lipinski definition) is 3. The summed E-state index contributed by atoms with van der Waals surface area (Å²) in [6.45, 7) is 6.83. The highest BCUT2D eigenvalue weighted by atomic mass is 32.1. The third-order valence-electron chi connectivity index (χ3n) is 5.37. The summed E-state index contributed by atoms with van der Waals surface area (Å²) in [5.74, 6) is 0.378. The van der Waals surface area contributed by atoms with Crippen LogP contribution in [0.15, 0.2) is 30.3 Å². The maximum Gasteiger partial charge on any atom is 0.256 e. The summed E-state index contributed by atoms with van der Waals surface area (Å²) in [5, 5.41) is 3.69. The summed E-state index contributed by atoms with van der Waals surface area (Å²) >= 11 is 1.57. The topological polar surface area (TPSA) is 49.4 Å². The van der Waals surface area contributed by atoms with Gasteiger partial charge in [-0.15, -0.1) is 11.3 Å². The van der Waals surface area contributed by atoms with E-state index in [1.807, 2.05) is 18.2 Å². The van der Waals surface area contributed by atoms with E-state index in [0.29, 0.717) is 22.0 Å². The highest BCUT2D eigenvalue weighted by Crippen LogP contribution is 2.44. The van der Waals surface area contributed by atoms with Gasteiger partial charge in [0.15, 0.2) is 0 Å². The first-order valence-corrected chi connectivity index (χ1v) is 10.2. The second kappa shape index (κ2) is 7.47. The van der Waals surface area contributed by atoms with E-state index in [1.54, 1.807) is 42.5 Å². The molecule has 0 fully saturated rings. The van der Waals surface area contributed by atoms with Crippen LogP contribution in [0.1, 0.15) is 58.3 Å². The van der Waals surface area contributed by atoms with Crippen molar-refractivity contribution < 1.29 is 9.59 Å². The number of anilines is 1. The highest BCUT2D eigenvalue weighted by molar-refractivity contribution is 7.17. The van der Waals surface area contributed by atoms with Crippen LogP contribution in [0, 0.1) is 11.3 Å². The van der Waals surface area contributed by atoms with Gasteiger partial charge in [-0.25, -0.2) is 0 Å². The van der Waals surface area contributed by atoms with E-state index < -0.39 is 0 Å². The summed E-state index contributed by atoms with van der Waals surface area (Å²) in [5.41, 5.74) is 2.64. The summed E-state index contributed by atoms with van der Waals surface area (Å²) in [7, 11) is 3.52. The van der Waals surface area contributed by atoms with Crippen molar-refractivity contribution in [2.24, 2.45) is 11.3 Å². The molecule has 144 valence electrons. The Morgan fingerprint density at radius 1 is 1.15 bits per heavy atom. The molecule has 3 rings (SSSR count). The molecule has 0 bridgehead atoms. The van der Waals surface area contributed by atoms with Gasteiger partial charge in [-0.05, 0) is 48.3 Å². The number of hydrogen-bond donors (Lipinski definition) is 1. The largest absolute Gasteiger partial charge is 0.345 e. The fraction of sp³-hybridized carbons (Fsp3) is 0.455. The average Bonchev–Trinajstić information content (AvgIpc) is 2.97. The molecule has 1 aromatic heterocycles. The first kappa shape index (κ1) is 19.6. The molecular formula is C22H28N2O2S. The standard InChI is InChI=1S/C22H28N2O2S/c1-22(2,3)15-11-12-16-17(13-15)27-20(18(16)21(26)24(4)5)23-19(25)14-9-7-6-8-10-14/h6-10,15H,11-13H2,1-5H3,(H,23,25)/t15-/m1/s1. The van der Waals surface area contributed by atoms with Crippen LogP contribution in [-0.2, 0) is 12.8 Å². The van der Waals surface area contributed by atoms with Crippen molar-refractivity contribution in [2.45, 2.75) is 40.0 Å². The van der Waals surface area contributed by atoms with Crippen LogP contribution in [0.3, 0.4) is 0 Å². The fourth-order valence-electron chi connectivity index (χ4n) is 3.63. The number of carbonyl (C=O) groups is 2. The Balaban J connectivity index is 1.97. The van der Waals surface area contributed by atoms with Crippen LogP contribution in [0.25, 0.3) is 0 Å². The van der Waals surface area contributed by atoms with E-state index >= 15 is 0 Å². The molecule has 5 heteroatoms. The molecule has 1 heterocycles. The minimum absolute atomic E-state index is 0.0370. The Hall–Kier alpha value is -2.14. The Bertz CT molecular complexity index is 847. The molecule has 2 amide bonds. The van der Waals surface area contributed by atoms with Crippen LogP contribution < -0.4 is 5.32 Å². The van der Waals surface area contributed by atoms with Crippen LogP contribution in [0.2, 0.25) is 0 Å². The van der Waals surface area contributed by atoms with E-state index in [9.17, 15) is 9.59 Å². The first-order chi connectivity index (χ1) is 12.7.